The second-order valence-electron chi connectivity index (χ2n) is 9.95. The Labute approximate surface area is 233 Å². The molecule has 5 heterocycles. The number of piperazine rings is 1. The fourth-order valence-electron chi connectivity index (χ4n) is 5.29. The summed E-state index contributed by atoms with van der Waals surface area (Å²) >= 11 is 7.33. The molecule has 1 N–H and O–H groups in total. The quantitative estimate of drug-likeness (QED) is 0.449. The van der Waals surface area contributed by atoms with Crippen molar-refractivity contribution in [1.29, 1.82) is 0 Å². The lowest BCUT2D eigenvalue weighted by molar-refractivity contribution is 0.389. The molecule has 0 spiro atoms. The predicted molar refractivity (Wildman–Crippen MR) is 159 cm³/mol. The Bertz CT molecular complexity index is 1230. The van der Waals surface area contributed by atoms with Gasteiger partial charge in [0.2, 0.25) is 5.95 Å². The largest absolute Gasteiger partial charge is 0.497 e. The molecular formula is C27H34N8OS2. The summed E-state index contributed by atoms with van der Waals surface area (Å²) in [5.74, 6) is 3.81. The molecule has 0 amide bonds. The number of thiocarbonyl (C=S) groups is 1. The summed E-state index contributed by atoms with van der Waals surface area (Å²) in [4.78, 5) is 24.1. The van der Waals surface area contributed by atoms with Crippen LogP contribution >= 0.6 is 23.6 Å². The van der Waals surface area contributed by atoms with Crippen LogP contribution in [0.4, 0.5) is 22.7 Å². The van der Waals surface area contributed by atoms with Gasteiger partial charge in [0.1, 0.15) is 17.4 Å². The van der Waals surface area contributed by atoms with E-state index in [9.17, 15) is 0 Å². The number of nitrogens with one attached hydrogen (secondary N) is 1. The van der Waals surface area contributed by atoms with Crippen molar-refractivity contribution < 1.29 is 4.74 Å². The molecule has 3 aliphatic rings. The summed E-state index contributed by atoms with van der Waals surface area (Å²) in [6.45, 7) is 7.67. The van der Waals surface area contributed by atoms with E-state index in [0.29, 0.717) is 0 Å². The summed E-state index contributed by atoms with van der Waals surface area (Å²) in [6.07, 6.45) is 4.91. The first-order valence-corrected chi connectivity index (χ1v) is 14.7. The lowest BCUT2D eigenvalue weighted by Crippen LogP contribution is -2.50. The van der Waals surface area contributed by atoms with Crippen molar-refractivity contribution in [2.24, 2.45) is 0 Å². The summed E-state index contributed by atoms with van der Waals surface area (Å²) in [5.41, 5.74) is 1.94. The van der Waals surface area contributed by atoms with Crippen LogP contribution in [0.3, 0.4) is 0 Å². The standard InChI is InChI=1S/C27H34N8OS2/c1-36-21-8-6-7-20(17-21)22-19-38-26(28-22)31-27(37)35-15-13-33(14-16-35)24-18-23(32-9-2-3-10-32)29-25(30-24)34-11-4-5-12-34/h6-8,17-19H,2-5,9-16H2,1H3,(H,28,31,37). The Hall–Kier alpha value is -3.18. The average molecular weight is 551 g/mol. The molecule has 200 valence electrons. The zero-order chi connectivity index (χ0) is 25.9. The minimum atomic E-state index is 0.717. The first-order chi connectivity index (χ1) is 18.7. The van der Waals surface area contributed by atoms with Gasteiger partial charge in [0, 0.05) is 69.4 Å². The SMILES string of the molecule is COc1cccc(-c2csc(NC(=S)N3CCN(c4cc(N5CCCC5)nc(N5CCCC5)n4)CC3)n2)c1. The van der Waals surface area contributed by atoms with Crippen LogP contribution in [0.2, 0.25) is 0 Å². The molecule has 0 radical (unpaired) electrons. The van der Waals surface area contributed by atoms with Crippen molar-refractivity contribution in [3.63, 3.8) is 0 Å². The fraction of sp³-hybridized carbons (Fsp3) is 0.481. The van der Waals surface area contributed by atoms with E-state index in [2.05, 4.69) is 31.0 Å². The van der Waals surface area contributed by atoms with Gasteiger partial charge in [-0.1, -0.05) is 12.1 Å². The van der Waals surface area contributed by atoms with E-state index in [1.807, 2.05) is 29.6 Å². The highest BCUT2D eigenvalue weighted by atomic mass is 32.1. The molecule has 2 aromatic heterocycles. The number of benzene rings is 1. The molecule has 3 aliphatic heterocycles. The second-order valence-corrected chi connectivity index (χ2v) is 11.2. The number of hydrogen-bond acceptors (Lipinski definition) is 9. The highest BCUT2D eigenvalue weighted by molar-refractivity contribution is 7.80. The smallest absolute Gasteiger partial charge is 0.229 e. The predicted octanol–water partition coefficient (Wildman–Crippen LogP) is 4.33. The van der Waals surface area contributed by atoms with E-state index >= 15 is 0 Å². The number of hydrogen-bond donors (Lipinski definition) is 1. The molecule has 11 heteroatoms. The zero-order valence-electron chi connectivity index (χ0n) is 21.8. The van der Waals surface area contributed by atoms with Crippen LogP contribution in [-0.4, -0.2) is 84.4 Å². The highest BCUT2D eigenvalue weighted by Gasteiger charge is 2.25. The van der Waals surface area contributed by atoms with Gasteiger partial charge in [-0.05, 0) is 50.0 Å². The van der Waals surface area contributed by atoms with Crippen LogP contribution in [0.5, 0.6) is 5.75 Å². The van der Waals surface area contributed by atoms with Crippen LogP contribution in [0.1, 0.15) is 25.7 Å². The van der Waals surface area contributed by atoms with E-state index in [0.717, 1.165) is 97.2 Å². The monoisotopic (exact) mass is 550 g/mol. The number of rotatable bonds is 6. The fourth-order valence-corrected chi connectivity index (χ4v) is 6.36. The second kappa shape index (κ2) is 11.3. The topological polar surface area (TPSA) is 72.9 Å². The van der Waals surface area contributed by atoms with Gasteiger partial charge in [0.25, 0.3) is 0 Å². The van der Waals surface area contributed by atoms with Gasteiger partial charge in [0.05, 0.1) is 12.8 Å². The number of aromatic nitrogens is 3. The summed E-state index contributed by atoms with van der Waals surface area (Å²) in [5, 5.41) is 6.92. The molecule has 3 aromatic rings. The number of methoxy groups -OCH3 is 1. The molecule has 0 saturated carbocycles. The summed E-state index contributed by atoms with van der Waals surface area (Å²) in [7, 11) is 1.68. The third-order valence-electron chi connectivity index (χ3n) is 7.48. The number of nitrogens with zero attached hydrogens (tertiary/aromatic N) is 7. The van der Waals surface area contributed by atoms with E-state index < -0.39 is 0 Å². The molecule has 0 bridgehead atoms. The van der Waals surface area contributed by atoms with Crippen molar-refractivity contribution in [3.8, 4) is 17.0 Å². The Balaban J connectivity index is 1.10. The van der Waals surface area contributed by atoms with Crippen LogP contribution in [-0.2, 0) is 0 Å². The van der Waals surface area contributed by atoms with Gasteiger partial charge in [0.15, 0.2) is 10.2 Å². The van der Waals surface area contributed by atoms with E-state index in [4.69, 9.17) is 31.9 Å². The molecular weight excluding hydrogens is 516 g/mol. The van der Waals surface area contributed by atoms with Gasteiger partial charge < -0.3 is 29.7 Å². The molecule has 38 heavy (non-hydrogen) atoms. The van der Waals surface area contributed by atoms with Crippen molar-refractivity contribution in [2.45, 2.75) is 25.7 Å². The first kappa shape index (κ1) is 25.1. The lowest BCUT2D eigenvalue weighted by Gasteiger charge is -2.37. The van der Waals surface area contributed by atoms with E-state index in [1.165, 1.54) is 25.7 Å². The van der Waals surface area contributed by atoms with E-state index in [-0.39, 0.29) is 0 Å². The first-order valence-electron chi connectivity index (χ1n) is 13.5. The maximum Gasteiger partial charge on any atom is 0.229 e. The van der Waals surface area contributed by atoms with Crippen molar-refractivity contribution >= 4 is 51.4 Å². The molecule has 0 atom stereocenters. The molecule has 3 saturated heterocycles. The van der Waals surface area contributed by atoms with Gasteiger partial charge in [-0.3, -0.25) is 0 Å². The molecule has 0 unspecified atom stereocenters. The van der Waals surface area contributed by atoms with Crippen molar-refractivity contribution in [1.82, 2.24) is 19.9 Å². The zero-order valence-corrected chi connectivity index (χ0v) is 23.4. The molecule has 0 aliphatic carbocycles. The summed E-state index contributed by atoms with van der Waals surface area (Å²) in [6, 6.07) is 10.1. The van der Waals surface area contributed by atoms with Gasteiger partial charge >= 0.3 is 0 Å². The van der Waals surface area contributed by atoms with Crippen LogP contribution in [0, 0.1) is 0 Å². The normalized spacial score (nSPS) is 17.8. The van der Waals surface area contributed by atoms with Gasteiger partial charge in [-0.25, -0.2) is 4.98 Å². The molecule has 1 aromatic carbocycles. The van der Waals surface area contributed by atoms with Crippen molar-refractivity contribution in [3.05, 3.63) is 35.7 Å². The number of ether oxygens (including phenoxy) is 1. The Morgan fingerprint density at radius 3 is 2.18 bits per heavy atom. The number of thiazole rings is 1. The molecule has 9 nitrogen and oxygen atoms in total. The van der Waals surface area contributed by atoms with Crippen LogP contribution in [0.15, 0.2) is 35.7 Å². The third kappa shape index (κ3) is 5.49. The van der Waals surface area contributed by atoms with Crippen LogP contribution < -0.4 is 24.8 Å². The van der Waals surface area contributed by atoms with Crippen molar-refractivity contribution in [2.75, 3.05) is 79.5 Å². The van der Waals surface area contributed by atoms with Gasteiger partial charge in [-0.15, -0.1) is 11.3 Å². The highest BCUT2D eigenvalue weighted by Crippen LogP contribution is 2.29. The Kier molecular flexibility index (Phi) is 7.46. The lowest BCUT2D eigenvalue weighted by atomic mass is 10.2. The Morgan fingerprint density at radius 1 is 0.842 bits per heavy atom. The maximum atomic E-state index is 5.77. The molecule has 3 fully saturated rings. The average Bonchev–Trinajstić information content (AvgIpc) is 3.76. The summed E-state index contributed by atoms with van der Waals surface area (Å²) < 4.78 is 5.35. The van der Waals surface area contributed by atoms with Gasteiger partial charge in [-0.2, -0.15) is 9.97 Å². The number of anilines is 4. The Morgan fingerprint density at radius 2 is 1.50 bits per heavy atom. The third-order valence-corrected chi connectivity index (χ3v) is 8.60. The van der Waals surface area contributed by atoms with E-state index in [1.54, 1.807) is 18.4 Å². The minimum Gasteiger partial charge on any atom is -0.497 e. The maximum absolute atomic E-state index is 5.77. The van der Waals surface area contributed by atoms with Crippen LogP contribution in [0.25, 0.3) is 11.3 Å². The minimum absolute atomic E-state index is 0.717. The molecule has 6 rings (SSSR count).